The maximum atomic E-state index is 13.0. The average Bonchev–Trinajstić information content (AvgIpc) is 2.68. The summed E-state index contributed by atoms with van der Waals surface area (Å²) < 4.78 is 18.3. The molecule has 0 saturated carbocycles. The van der Waals surface area contributed by atoms with Crippen LogP contribution in [0, 0.1) is 11.7 Å². The highest BCUT2D eigenvalue weighted by atomic mass is 19.1. The Labute approximate surface area is 166 Å². The first-order chi connectivity index (χ1) is 13.5. The SMILES string of the molecule is CCOCCCNC(=O)C1CCN(CC(=O)N[C@H](C)c2ccc(F)cc2)CC1. The van der Waals surface area contributed by atoms with Gasteiger partial charge in [-0.15, -0.1) is 0 Å². The van der Waals surface area contributed by atoms with Gasteiger partial charge in [0.25, 0.3) is 0 Å². The number of hydrogen-bond donors (Lipinski definition) is 2. The molecule has 0 radical (unpaired) electrons. The third kappa shape index (κ3) is 7.56. The monoisotopic (exact) mass is 393 g/mol. The summed E-state index contributed by atoms with van der Waals surface area (Å²) in [4.78, 5) is 26.6. The second-order valence-corrected chi connectivity index (χ2v) is 7.23. The minimum atomic E-state index is -0.288. The molecule has 0 aliphatic carbocycles. The van der Waals surface area contributed by atoms with Gasteiger partial charge in [0.15, 0.2) is 0 Å². The van der Waals surface area contributed by atoms with E-state index in [1.807, 2.05) is 13.8 Å². The minimum absolute atomic E-state index is 0.0181. The molecule has 1 aliphatic rings. The topological polar surface area (TPSA) is 70.7 Å². The number of ether oxygens (including phenoxy) is 1. The molecule has 28 heavy (non-hydrogen) atoms. The summed E-state index contributed by atoms with van der Waals surface area (Å²) >= 11 is 0. The molecule has 1 aromatic rings. The van der Waals surface area contributed by atoms with Gasteiger partial charge in [0.2, 0.25) is 11.8 Å². The molecule has 1 heterocycles. The number of benzene rings is 1. The van der Waals surface area contributed by atoms with E-state index in [1.54, 1.807) is 12.1 Å². The standard InChI is InChI=1S/C21H32FN3O3/c1-3-28-14-4-11-23-21(27)18-9-12-25(13-10-18)15-20(26)24-16(2)17-5-7-19(22)8-6-17/h5-8,16,18H,3-4,9-15H2,1-2H3,(H,23,27)(H,24,26)/t16-/m1/s1. The van der Waals surface area contributed by atoms with E-state index >= 15 is 0 Å². The lowest BCUT2D eigenvalue weighted by Gasteiger charge is -2.31. The molecule has 0 aromatic heterocycles. The third-order valence-electron chi connectivity index (χ3n) is 5.04. The van der Waals surface area contributed by atoms with Gasteiger partial charge in [-0.25, -0.2) is 4.39 Å². The van der Waals surface area contributed by atoms with Crippen LogP contribution in [0.2, 0.25) is 0 Å². The summed E-state index contributed by atoms with van der Waals surface area (Å²) in [6.07, 6.45) is 2.35. The summed E-state index contributed by atoms with van der Waals surface area (Å²) in [7, 11) is 0. The number of halogens is 1. The van der Waals surface area contributed by atoms with Crippen molar-refractivity contribution in [2.45, 2.75) is 39.2 Å². The Bertz CT molecular complexity index is 616. The van der Waals surface area contributed by atoms with Gasteiger partial charge in [-0.3, -0.25) is 14.5 Å². The lowest BCUT2D eigenvalue weighted by molar-refractivity contribution is -0.127. The zero-order valence-corrected chi connectivity index (χ0v) is 16.9. The van der Waals surface area contributed by atoms with Crippen LogP contribution in [0.5, 0.6) is 0 Å². The lowest BCUT2D eigenvalue weighted by atomic mass is 9.96. The van der Waals surface area contributed by atoms with Crippen molar-refractivity contribution < 1.29 is 18.7 Å². The van der Waals surface area contributed by atoms with Crippen LogP contribution in [-0.2, 0) is 14.3 Å². The van der Waals surface area contributed by atoms with Crippen molar-refractivity contribution in [1.29, 1.82) is 0 Å². The Morgan fingerprint density at radius 3 is 2.57 bits per heavy atom. The average molecular weight is 394 g/mol. The van der Waals surface area contributed by atoms with E-state index in [-0.39, 0.29) is 29.6 Å². The van der Waals surface area contributed by atoms with E-state index in [0.717, 1.165) is 37.9 Å². The van der Waals surface area contributed by atoms with Gasteiger partial charge in [-0.05, 0) is 63.9 Å². The Balaban J connectivity index is 1.65. The lowest BCUT2D eigenvalue weighted by Crippen LogP contribution is -2.45. The number of rotatable bonds is 10. The normalized spacial score (nSPS) is 16.5. The van der Waals surface area contributed by atoms with E-state index in [2.05, 4.69) is 15.5 Å². The summed E-state index contributed by atoms with van der Waals surface area (Å²) in [5.41, 5.74) is 0.870. The molecule has 1 saturated heterocycles. The molecule has 156 valence electrons. The van der Waals surface area contributed by atoms with Crippen molar-refractivity contribution in [2.75, 3.05) is 39.4 Å². The largest absolute Gasteiger partial charge is 0.382 e. The van der Waals surface area contributed by atoms with Gasteiger partial charge >= 0.3 is 0 Å². The van der Waals surface area contributed by atoms with Crippen LogP contribution in [0.1, 0.15) is 44.7 Å². The van der Waals surface area contributed by atoms with Gasteiger partial charge in [0, 0.05) is 25.7 Å². The number of nitrogens with zero attached hydrogens (tertiary/aromatic N) is 1. The van der Waals surface area contributed by atoms with Crippen molar-refractivity contribution in [3.05, 3.63) is 35.6 Å². The summed E-state index contributed by atoms with van der Waals surface area (Å²) in [6.45, 7) is 7.62. The quantitative estimate of drug-likeness (QED) is 0.598. The number of carbonyl (C=O) groups excluding carboxylic acids is 2. The predicted octanol–water partition coefficient (Wildman–Crippen LogP) is 2.26. The molecular weight excluding hydrogens is 361 g/mol. The van der Waals surface area contributed by atoms with Crippen molar-refractivity contribution in [1.82, 2.24) is 15.5 Å². The summed E-state index contributed by atoms with van der Waals surface area (Å²) in [5, 5.41) is 5.92. The van der Waals surface area contributed by atoms with E-state index in [1.165, 1.54) is 12.1 Å². The Morgan fingerprint density at radius 1 is 1.25 bits per heavy atom. The molecule has 0 spiro atoms. The van der Waals surface area contributed by atoms with Gasteiger partial charge in [-0.2, -0.15) is 0 Å². The summed E-state index contributed by atoms with van der Waals surface area (Å²) in [5.74, 6) is -0.228. The van der Waals surface area contributed by atoms with E-state index in [0.29, 0.717) is 26.3 Å². The smallest absolute Gasteiger partial charge is 0.234 e. The highest BCUT2D eigenvalue weighted by Gasteiger charge is 2.25. The van der Waals surface area contributed by atoms with Gasteiger partial charge in [0.05, 0.1) is 12.6 Å². The fraction of sp³-hybridized carbons (Fsp3) is 0.619. The Morgan fingerprint density at radius 2 is 1.93 bits per heavy atom. The number of carbonyl (C=O) groups is 2. The van der Waals surface area contributed by atoms with Crippen LogP contribution in [0.3, 0.4) is 0 Å². The van der Waals surface area contributed by atoms with Crippen molar-refractivity contribution in [3.63, 3.8) is 0 Å². The zero-order chi connectivity index (χ0) is 20.4. The van der Waals surface area contributed by atoms with Crippen LogP contribution in [0.25, 0.3) is 0 Å². The van der Waals surface area contributed by atoms with Crippen LogP contribution in [-0.4, -0.2) is 56.1 Å². The number of amides is 2. The van der Waals surface area contributed by atoms with E-state index in [9.17, 15) is 14.0 Å². The third-order valence-corrected chi connectivity index (χ3v) is 5.04. The van der Waals surface area contributed by atoms with Crippen molar-refractivity contribution in [3.8, 4) is 0 Å². The van der Waals surface area contributed by atoms with Crippen LogP contribution >= 0.6 is 0 Å². The van der Waals surface area contributed by atoms with Crippen molar-refractivity contribution in [2.24, 2.45) is 5.92 Å². The molecule has 1 aromatic carbocycles. The Hall–Kier alpha value is -1.99. The zero-order valence-electron chi connectivity index (χ0n) is 16.9. The minimum Gasteiger partial charge on any atom is -0.382 e. The first kappa shape index (κ1) is 22.3. The molecular formula is C21H32FN3O3. The van der Waals surface area contributed by atoms with Crippen molar-refractivity contribution >= 4 is 11.8 Å². The number of nitrogens with one attached hydrogen (secondary N) is 2. The molecule has 2 N–H and O–H groups in total. The number of piperidine rings is 1. The van der Waals surface area contributed by atoms with Gasteiger partial charge in [-0.1, -0.05) is 12.1 Å². The first-order valence-corrected chi connectivity index (χ1v) is 10.1. The molecule has 1 atom stereocenters. The second kappa shape index (κ2) is 11.8. The van der Waals surface area contributed by atoms with Crippen LogP contribution in [0.15, 0.2) is 24.3 Å². The molecule has 0 unspecified atom stereocenters. The highest BCUT2D eigenvalue weighted by molar-refractivity contribution is 5.79. The van der Waals surface area contributed by atoms with E-state index < -0.39 is 0 Å². The Kier molecular flexibility index (Phi) is 9.37. The molecule has 7 heteroatoms. The molecule has 0 bridgehead atoms. The number of hydrogen-bond acceptors (Lipinski definition) is 4. The maximum Gasteiger partial charge on any atom is 0.234 e. The van der Waals surface area contributed by atoms with Crippen LogP contribution < -0.4 is 10.6 Å². The first-order valence-electron chi connectivity index (χ1n) is 10.1. The van der Waals surface area contributed by atoms with Gasteiger partial charge in [0.1, 0.15) is 5.82 Å². The maximum absolute atomic E-state index is 13.0. The highest BCUT2D eigenvalue weighted by Crippen LogP contribution is 2.17. The fourth-order valence-corrected chi connectivity index (χ4v) is 3.35. The molecule has 2 amide bonds. The van der Waals surface area contributed by atoms with Crippen LogP contribution in [0.4, 0.5) is 4.39 Å². The fourth-order valence-electron chi connectivity index (χ4n) is 3.35. The molecule has 1 aliphatic heterocycles. The molecule has 6 nitrogen and oxygen atoms in total. The predicted molar refractivity (Wildman–Crippen MR) is 106 cm³/mol. The van der Waals surface area contributed by atoms with E-state index in [4.69, 9.17) is 4.74 Å². The van der Waals surface area contributed by atoms with Gasteiger partial charge < -0.3 is 15.4 Å². The molecule has 1 fully saturated rings. The second-order valence-electron chi connectivity index (χ2n) is 7.23. The summed E-state index contributed by atoms with van der Waals surface area (Å²) in [6, 6.07) is 5.97. The number of likely N-dealkylation sites (tertiary alicyclic amines) is 1. The molecule has 2 rings (SSSR count).